The van der Waals surface area contributed by atoms with E-state index in [-0.39, 0.29) is 0 Å². The fourth-order valence-corrected chi connectivity index (χ4v) is 1.21. The number of hydrogen-bond acceptors (Lipinski definition) is 3. The Morgan fingerprint density at radius 1 is 1.50 bits per heavy atom. The van der Waals surface area contributed by atoms with Gasteiger partial charge in [0.1, 0.15) is 5.82 Å². The first-order valence-corrected chi connectivity index (χ1v) is 4.55. The monoisotopic (exact) mass is 188 g/mol. The van der Waals surface area contributed by atoms with Crippen molar-refractivity contribution in [3.8, 4) is 0 Å². The van der Waals surface area contributed by atoms with E-state index in [0.29, 0.717) is 0 Å². The van der Waals surface area contributed by atoms with Crippen LogP contribution in [0.25, 0.3) is 5.65 Å². The van der Waals surface area contributed by atoms with Gasteiger partial charge in [-0.1, -0.05) is 6.08 Å². The molecule has 0 saturated carbocycles. The fraction of sp³-hybridized carbons (Fsp3) is 0.200. The summed E-state index contributed by atoms with van der Waals surface area (Å²) < 4.78 is 1.73. The molecule has 0 aliphatic rings. The number of nitrogens with one attached hydrogen (secondary N) is 1. The van der Waals surface area contributed by atoms with Crippen molar-refractivity contribution in [2.24, 2.45) is 0 Å². The molecule has 1 N–H and O–H groups in total. The van der Waals surface area contributed by atoms with Crippen molar-refractivity contribution in [3.63, 3.8) is 0 Å². The predicted octanol–water partition coefficient (Wildman–Crippen LogP) is 1.72. The highest BCUT2D eigenvalue weighted by Crippen LogP contribution is 2.05. The summed E-state index contributed by atoms with van der Waals surface area (Å²) in [6.07, 6.45) is 6.44. The van der Waals surface area contributed by atoms with E-state index >= 15 is 0 Å². The number of hydrogen-bond donors (Lipinski definition) is 1. The van der Waals surface area contributed by atoms with E-state index in [2.05, 4.69) is 22.0 Å². The van der Waals surface area contributed by atoms with Crippen molar-refractivity contribution in [1.82, 2.24) is 14.6 Å². The Balaban J connectivity index is 2.13. The van der Waals surface area contributed by atoms with E-state index < -0.39 is 0 Å². The minimum atomic E-state index is 0.855. The third-order valence-electron chi connectivity index (χ3n) is 1.91. The summed E-state index contributed by atoms with van der Waals surface area (Å²) >= 11 is 0. The standard InChI is InChI=1S/C10H12N4/c1-2-3-6-11-9-5-8-14-10(13-9)4-7-12-14/h2,4-5,7-8H,1,3,6H2,(H,11,13). The Morgan fingerprint density at radius 3 is 3.29 bits per heavy atom. The minimum Gasteiger partial charge on any atom is -0.370 e. The molecule has 0 radical (unpaired) electrons. The average molecular weight is 188 g/mol. The molecule has 2 heterocycles. The molecular formula is C10H12N4. The number of aromatic nitrogens is 3. The zero-order valence-electron chi connectivity index (χ0n) is 7.85. The second-order valence-electron chi connectivity index (χ2n) is 2.95. The SMILES string of the molecule is C=CCCNc1ccn2nccc2n1. The Kier molecular flexibility index (Phi) is 2.44. The minimum absolute atomic E-state index is 0.855. The molecule has 0 saturated heterocycles. The fourth-order valence-electron chi connectivity index (χ4n) is 1.21. The van der Waals surface area contributed by atoms with Crippen molar-refractivity contribution >= 4 is 11.5 Å². The third-order valence-corrected chi connectivity index (χ3v) is 1.91. The maximum atomic E-state index is 4.36. The largest absolute Gasteiger partial charge is 0.370 e. The maximum absolute atomic E-state index is 4.36. The Morgan fingerprint density at radius 2 is 2.43 bits per heavy atom. The van der Waals surface area contributed by atoms with Gasteiger partial charge >= 0.3 is 0 Å². The van der Waals surface area contributed by atoms with Crippen LogP contribution in [0.3, 0.4) is 0 Å². The molecule has 0 fully saturated rings. The summed E-state index contributed by atoms with van der Waals surface area (Å²) in [7, 11) is 0. The highest BCUT2D eigenvalue weighted by Gasteiger charge is 1.96. The van der Waals surface area contributed by atoms with E-state index in [1.165, 1.54) is 0 Å². The Bertz CT molecular complexity index is 432. The van der Waals surface area contributed by atoms with Gasteiger partial charge in [0.15, 0.2) is 5.65 Å². The van der Waals surface area contributed by atoms with Crippen LogP contribution in [0.5, 0.6) is 0 Å². The van der Waals surface area contributed by atoms with Gasteiger partial charge in [-0.25, -0.2) is 9.50 Å². The number of anilines is 1. The Hall–Kier alpha value is -1.84. The van der Waals surface area contributed by atoms with Gasteiger partial charge in [-0.05, 0) is 12.5 Å². The first kappa shape index (κ1) is 8.74. The molecule has 0 aliphatic carbocycles. The molecule has 2 rings (SSSR count). The van der Waals surface area contributed by atoms with E-state index in [4.69, 9.17) is 0 Å². The summed E-state index contributed by atoms with van der Waals surface area (Å²) in [5, 5.41) is 7.27. The smallest absolute Gasteiger partial charge is 0.157 e. The molecule has 0 unspecified atom stereocenters. The molecular weight excluding hydrogens is 176 g/mol. The lowest BCUT2D eigenvalue weighted by molar-refractivity contribution is 0.935. The van der Waals surface area contributed by atoms with Crippen molar-refractivity contribution in [2.45, 2.75) is 6.42 Å². The zero-order valence-corrected chi connectivity index (χ0v) is 7.85. The number of nitrogens with zero attached hydrogens (tertiary/aromatic N) is 3. The van der Waals surface area contributed by atoms with Crippen LogP contribution >= 0.6 is 0 Å². The van der Waals surface area contributed by atoms with Crippen molar-refractivity contribution < 1.29 is 0 Å². The van der Waals surface area contributed by atoms with Gasteiger partial charge in [0.25, 0.3) is 0 Å². The molecule has 2 aromatic heterocycles. The van der Waals surface area contributed by atoms with Gasteiger partial charge in [-0.3, -0.25) is 0 Å². The molecule has 14 heavy (non-hydrogen) atoms. The predicted molar refractivity (Wildman–Crippen MR) is 56.3 cm³/mol. The van der Waals surface area contributed by atoms with E-state index in [0.717, 1.165) is 24.4 Å². The highest BCUT2D eigenvalue weighted by atomic mass is 15.2. The van der Waals surface area contributed by atoms with Crippen LogP contribution in [0.1, 0.15) is 6.42 Å². The summed E-state index contributed by atoms with van der Waals surface area (Å²) in [5.41, 5.74) is 0.855. The van der Waals surface area contributed by atoms with Crippen molar-refractivity contribution in [2.75, 3.05) is 11.9 Å². The summed E-state index contributed by atoms with van der Waals surface area (Å²) in [5.74, 6) is 0.875. The summed E-state index contributed by atoms with van der Waals surface area (Å²) in [6.45, 7) is 4.52. The molecule has 0 spiro atoms. The van der Waals surface area contributed by atoms with Crippen LogP contribution in [0, 0.1) is 0 Å². The first-order valence-electron chi connectivity index (χ1n) is 4.55. The van der Waals surface area contributed by atoms with Crippen LogP contribution < -0.4 is 5.32 Å². The third kappa shape index (κ3) is 1.74. The van der Waals surface area contributed by atoms with Crippen LogP contribution in [0.2, 0.25) is 0 Å². The Labute approximate surface area is 82.3 Å². The van der Waals surface area contributed by atoms with Crippen LogP contribution in [0.15, 0.2) is 37.2 Å². The molecule has 0 atom stereocenters. The molecule has 72 valence electrons. The highest BCUT2D eigenvalue weighted by molar-refractivity contribution is 5.45. The molecule has 0 bridgehead atoms. The van der Waals surface area contributed by atoms with Gasteiger partial charge in [-0.15, -0.1) is 6.58 Å². The topological polar surface area (TPSA) is 42.2 Å². The normalized spacial score (nSPS) is 10.3. The van der Waals surface area contributed by atoms with Crippen LogP contribution in [-0.4, -0.2) is 21.1 Å². The second kappa shape index (κ2) is 3.91. The van der Waals surface area contributed by atoms with Crippen LogP contribution in [0.4, 0.5) is 5.82 Å². The summed E-state index contributed by atoms with van der Waals surface area (Å²) in [6, 6.07) is 3.78. The number of fused-ring (bicyclic) bond motifs is 1. The molecule has 4 nitrogen and oxygen atoms in total. The average Bonchev–Trinajstić information content (AvgIpc) is 2.65. The number of rotatable bonds is 4. The van der Waals surface area contributed by atoms with Crippen molar-refractivity contribution in [1.29, 1.82) is 0 Å². The van der Waals surface area contributed by atoms with Crippen molar-refractivity contribution in [3.05, 3.63) is 37.2 Å². The molecule has 0 aromatic carbocycles. The van der Waals surface area contributed by atoms with E-state index in [1.54, 1.807) is 10.7 Å². The lowest BCUT2D eigenvalue weighted by Gasteiger charge is -2.03. The molecule has 2 aromatic rings. The molecule has 0 amide bonds. The zero-order chi connectivity index (χ0) is 9.80. The maximum Gasteiger partial charge on any atom is 0.157 e. The molecule has 0 aliphatic heterocycles. The second-order valence-corrected chi connectivity index (χ2v) is 2.95. The van der Waals surface area contributed by atoms with Gasteiger partial charge < -0.3 is 5.32 Å². The van der Waals surface area contributed by atoms with Gasteiger partial charge in [0.2, 0.25) is 0 Å². The lowest BCUT2D eigenvalue weighted by atomic mass is 10.4. The lowest BCUT2D eigenvalue weighted by Crippen LogP contribution is -2.03. The quantitative estimate of drug-likeness (QED) is 0.586. The van der Waals surface area contributed by atoms with Gasteiger partial charge in [0.05, 0.1) is 6.20 Å². The first-order chi connectivity index (χ1) is 6.90. The molecule has 4 heteroatoms. The van der Waals surface area contributed by atoms with Gasteiger partial charge in [0, 0.05) is 18.8 Å². The van der Waals surface area contributed by atoms with E-state index in [9.17, 15) is 0 Å². The van der Waals surface area contributed by atoms with E-state index in [1.807, 2.05) is 24.4 Å². The van der Waals surface area contributed by atoms with Crippen LogP contribution in [-0.2, 0) is 0 Å². The van der Waals surface area contributed by atoms with Gasteiger partial charge in [-0.2, -0.15) is 5.10 Å². The summed E-state index contributed by atoms with van der Waals surface area (Å²) in [4.78, 5) is 4.36.